The first kappa shape index (κ1) is 18.8. The van der Waals surface area contributed by atoms with E-state index in [0.29, 0.717) is 29.9 Å². The number of halogens is 2. The lowest BCUT2D eigenvalue weighted by atomic mass is 10.2. The Kier molecular flexibility index (Phi) is 3.82. The summed E-state index contributed by atoms with van der Waals surface area (Å²) in [6.45, 7) is 5.04. The number of aryl methyl sites for hydroxylation is 1. The van der Waals surface area contributed by atoms with Crippen molar-refractivity contribution in [2.45, 2.75) is 57.7 Å². The number of carbonyl (C=O) groups is 1. The molecule has 29 heavy (non-hydrogen) atoms. The van der Waals surface area contributed by atoms with Gasteiger partial charge in [-0.1, -0.05) is 0 Å². The van der Waals surface area contributed by atoms with Crippen LogP contribution in [0.4, 0.5) is 13.6 Å². The van der Waals surface area contributed by atoms with E-state index in [9.17, 15) is 23.2 Å². The zero-order valence-corrected chi connectivity index (χ0v) is 17.1. The Morgan fingerprint density at radius 2 is 1.93 bits per heavy atom. The fraction of sp³-hybridized carbons (Fsp3) is 0.632. The van der Waals surface area contributed by atoms with Gasteiger partial charge in [-0.2, -0.15) is 0 Å². The summed E-state index contributed by atoms with van der Waals surface area (Å²) in [5.74, 6) is -3.63. The topological polar surface area (TPSA) is 76.3 Å². The molecule has 0 aromatic carbocycles. The Morgan fingerprint density at radius 3 is 2.48 bits per heavy atom. The second kappa shape index (κ2) is 5.90. The highest BCUT2D eigenvalue weighted by molar-refractivity contribution is 7.18. The van der Waals surface area contributed by atoms with Gasteiger partial charge in [-0.25, -0.2) is 18.4 Å². The number of alkyl halides is 2. The highest BCUT2D eigenvalue weighted by Gasteiger charge is 2.57. The predicted molar refractivity (Wildman–Crippen MR) is 105 cm³/mol. The van der Waals surface area contributed by atoms with Crippen LogP contribution in [0.1, 0.15) is 36.6 Å². The third-order valence-electron chi connectivity index (χ3n) is 6.46. The van der Waals surface area contributed by atoms with Gasteiger partial charge in [0.1, 0.15) is 4.83 Å². The van der Waals surface area contributed by atoms with Crippen LogP contribution in [0.5, 0.6) is 0 Å². The molecule has 2 aromatic heterocycles. The minimum atomic E-state index is -2.75. The monoisotopic (exact) mass is 424 g/mol. The zero-order valence-electron chi connectivity index (χ0n) is 16.3. The molecule has 2 aliphatic carbocycles. The van der Waals surface area contributed by atoms with Gasteiger partial charge >= 0.3 is 11.7 Å². The summed E-state index contributed by atoms with van der Waals surface area (Å²) >= 11 is 1.26. The van der Waals surface area contributed by atoms with Gasteiger partial charge in [0, 0.05) is 36.9 Å². The number of rotatable bonds is 5. The van der Waals surface area contributed by atoms with E-state index in [-0.39, 0.29) is 24.6 Å². The molecule has 10 heteroatoms. The molecule has 1 saturated heterocycles. The molecule has 2 aromatic rings. The third kappa shape index (κ3) is 2.83. The Labute approximate surface area is 168 Å². The summed E-state index contributed by atoms with van der Waals surface area (Å²) in [6, 6.07) is -0.167. The van der Waals surface area contributed by atoms with Crippen LogP contribution in [0, 0.1) is 12.8 Å². The summed E-state index contributed by atoms with van der Waals surface area (Å²) < 4.78 is 29.9. The van der Waals surface area contributed by atoms with Crippen molar-refractivity contribution < 1.29 is 13.6 Å². The molecule has 1 unspecified atom stereocenters. The highest BCUT2D eigenvalue weighted by atomic mass is 32.1. The zero-order chi connectivity index (χ0) is 20.7. The third-order valence-corrected chi connectivity index (χ3v) is 7.76. The van der Waals surface area contributed by atoms with Crippen LogP contribution in [-0.2, 0) is 18.6 Å². The Hall–Kier alpha value is -2.23. The van der Waals surface area contributed by atoms with Gasteiger partial charge in [-0.05, 0) is 32.3 Å². The lowest BCUT2D eigenvalue weighted by molar-refractivity contribution is 0.0950. The van der Waals surface area contributed by atoms with Crippen LogP contribution in [0.25, 0.3) is 10.2 Å². The minimum absolute atomic E-state index is 0.0950. The van der Waals surface area contributed by atoms with Gasteiger partial charge in [0.05, 0.1) is 17.5 Å². The minimum Gasteiger partial charge on any atom is -0.336 e. The maximum Gasteiger partial charge on any atom is 0.332 e. The van der Waals surface area contributed by atoms with E-state index in [1.807, 2.05) is 13.8 Å². The van der Waals surface area contributed by atoms with Crippen molar-refractivity contribution >= 4 is 27.6 Å². The molecule has 3 heterocycles. The standard InChI is InChI=1S/C19H22F2N4O3S/c1-10-12(9-23-6-5-22-16(23)27)29-15-13(10)14(26)25(18(2)3-4-18)17(28)24(15)8-11-7-19(11,20)21/h11H,3-9H2,1-2H3,(H,22,27). The van der Waals surface area contributed by atoms with Crippen molar-refractivity contribution in [3.05, 3.63) is 31.3 Å². The van der Waals surface area contributed by atoms with Crippen molar-refractivity contribution in [2.24, 2.45) is 5.92 Å². The maximum atomic E-state index is 13.6. The SMILES string of the molecule is Cc1c(CN2CCNC2=O)sc2c1c(=O)n(C1(C)CC1)c(=O)n2CC1CC1(F)F. The van der Waals surface area contributed by atoms with Gasteiger partial charge in [-0.15, -0.1) is 11.3 Å². The largest absolute Gasteiger partial charge is 0.336 e. The molecule has 7 nitrogen and oxygen atoms in total. The summed E-state index contributed by atoms with van der Waals surface area (Å²) in [5.41, 5.74) is -0.671. The van der Waals surface area contributed by atoms with E-state index in [2.05, 4.69) is 5.32 Å². The number of nitrogens with zero attached hydrogens (tertiary/aromatic N) is 3. The number of nitrogens with one attached hydrogen (secondary N) is 1. The molecule has 156 valence electrons. The van der Waals surface area contributed by atoms with E-state index in [1.165, 1.54) is 20.5 Å². The normalized spacial score (nSPS) is 24.2. The van der Waals surface area contributed by atoms with Crippen LogP contribution in [0.3, 0.4) is 0 Å². The van der Waals surface area contributed by atoms with Crippen LogP contribution in [-0.4, -0.2) is 39.1 Å². The number of aromatic nitrogens is 2. The molecule has 2 saturated carbocycles. The average Bonchev–Trinajstić information content (AvgIpc) is 3.40. The number of thiophene rings is 1. The van der Waals surface area contributed by atoms with E-state index < -0.39 is 23.1 Å². The molecule has 0 radical (unpaired) electrons. The molecule has 3 fully saturated rings. The molecule has 0 bridgehead atoms. The van der Waals surface area contributed by atoms with E-state index in [1.54, 1.807) is 4.90 Å². The molecule has 2 amide bonds. The Morgan fingerprint density at radius 1 is 1.24 bits per heavy atom. The summed E-state index contributed by atoms with van der Waals surface area (Å²) in [6.07, 6.45) is 1.21. The first-order valence-corrected chi connectivity index (χ1v) is 10.6. The van der Waals surface area contributed by atoms with Crippen LogP contribution < -0.4 is 16.6 Å². The number of hydrogen-bond acceptors (Lipinski definition) is 4. The summed E-state index contributed by atoms with van der Waals surface area (Å²) in [7, 11) is 0. The van der Waals surface area contributed by atoms with Gasteiger partial charge < -0.3 is 10.2 Å². The first-order valence-electron chi connectivity index (χ1n) is 9.81. The molecular weight excluding hydrogens is 402 g/mol. The van der Waals surface area contributed by atoms with Crippen molar-refractivity contribution in [1.29, 1.82) is 0 Å². The molecule has 1 N–H and O–H groups in total. The van der Waals surface area contributed by atoms with E-state index >= 15 is 0 Å². The molecule has 3 aliphatic rings. The molecule has 5 rings (SSSR count). The Bertz CT molecular complexity index is 1160. The number of urea groups is 1. The van der Waals surface area contributed by atoms with Crippen molar-refractivity contribution in [3.8, 4) is 0 Å². The van der Waals surface area contributed by atoms with Gasteiger partial charge in [0.25, 0.3) is 11.5 Å². The first-order chi connectivity index (χ1) is 13.6. The van der Waals surface area contributed by atoms with Crippen LogP contribution in [0.2, 0.25) is 0 Å². The summed E-state index contributed by atoms with van der Waals surface area (Å²) in [5, 5.41) is 3.16. The van der Waals surface area contributed by atoms with E-state index in [0.717, 1.165) is 23.3 Å². The van der Waals surface area contributed by atoms with Gasteiger partial charge in [0.15, 0.2) is 0 Å². The lowest BCUT2D eigenvalue weighted by Gasteiger charge is -2.16. The number of carbonyl (C=O) groups excluding carboxylic acids is 1. The number of amides is 2. The fourth-order valence-electron chi connectivity index (χ4n) is 4.11. The molecule has 1 aliphatic heterocycles. The molecule has 1 atom stereocenters. The molecule has 0 spiro atoms. The van der Waals surface area contributed by atoms with Crippen molar-refractivity contribution in [2.75, 3.05) is 13.1 Å². The number of fused-ring (bicyclic) bond motifs is 1. The maximum absolute atomic E-state index is 13.6. The fourth-order valence-corrected chi connectivity index (χ4v) is 5.42. The van der Waals surface area contributed by atoms with Crippen molar-refractivity contribution in [1.82, 2.24) is 19.4 Å². The Balaban J connectivity index is 1.68. The lowest BCUT2D eigenvalue weighted by Crippen LogP contribution is -2.44. The quantitative estimate of drug-likeness (QED) is 0.800. The number of hydrogen-bond donors (Lipinski definition) is 1. The van der Waals surface area contributed by atoms with Crippen LogP contribution >= 0.6 is 11.3 Å². The smallest absolute Gasteiger partial charge is 0.332 e. The second-order valence-corrected chi connectivity index (χ2v) is 9.76. The summed E-state index contributed by atoms with van der Waals surface area (Å²) in [4.78, 5) is 41.3. The van der Waals surface area contributed by atoms with Crippen molar-refractivity contribution in [3.63, 3.8) is 0 Å². The van der Waals surface area contributed by atoms with Gasteiger partial charge in [0.2, 0.25) is 0 Å². The average molecular weight is 424 g/mol. The molecular formula is C19H22F2N4O3S. The second-order valence-electron chi connectivity index (χ2n) is 8.68. The van der Waals surface area contributed by atoms with Crippen LogP contribution in [0.15, 0.2) is 9.59 Å². The predicted octanol–water partition coefficient (Wildman–Crippen LogP) is 2.22. The van der Waals surface area contributed by atoms with E-state index in [4.69, 9.17) is 0 Å². The highest BCUT2D eigenvalue weighted by Crippen LogP contribution is 2.50. The van der Waals surface area contributed by atoms with Gasteiger partial charge in [-0.3, -0.25) is 13.9 Å².